The maximum absolute atomic E-state index is 12.3. The fraction of sp³-hybridized carbons (Fsp3) is 0.308. The first kappa shape index (κ1) is 14.3. The summed E-state index contributed by atoms with van der Waals surface area (Å²) in [5, 5.41) is 7.88. The monoisotopic (exact) mass is 295 g/mol. The van der Waals surface area contributed by atoms with E-state index in [4.69, 9.17) is 16.3 Å². The van der Waals surface area contributed by atoms with Crippen molar-refractivity contribution in [2.45, 2.75) is 6.92 Å². The van der Waals surface area contributed by atoms with Crippen LogP contribution in [0.15, 0.2) is 18.2 Å². The van der Waals surface area contributed by atoms with E-state index in [9.17, 15) is 9.59 Å². The van der Waals surface area contributed by atoms with Gasteiger partial charge in [0.05, 0.1) is 12.1 Å². The number of hydrogen-bond acceptors (Lipinski definition) is 4. The number of ether oxygens (including phenoxy) is 1. The Balaban J connectivity index is 2.22. The van der Waals surface area contributed by atoms with Crippen LogP contribution >= 0.6 is 11.6 Å². The van der Waals surface area contributed by atoms with E-state index in [1.807, 2.05) is 0 Å². The van der Waals surface area contributed by atoms with Crippen molar-refractivity contribution in [1.29, 1.82) is 0 Å². The summed E-state index contributed by atoms with van der Waals surface area (Å²) in [6, 6.07) is 5.11. The van der Waals surface area contributed by atoms with Gasteiger partial charge in [-0.1, -0.05) is 11.6 Å². The molecule has 0 aliphatic heterocycles. The molecule has 1 N–H and O–H groups in total. The second kappa shape index (κ2) is 5.92. The molecule has 0 atom stereocenters. The van der Waals surface area contributed by atoms with Crippen molar-refractivity contribution in [2.24, 2.45) is 0 Å². The maximum Gasteiger partial charge on any atom is 0.325 e. The molecule has 0 unspecified atom stereocenters. The second-order valence-corrected chi connectivity index (χ2v) is 4.66. The molecule has 0 saturated heterocycles. The predicted molar refractivity (Wildman–Crippen MR) is 74.7 cm³/mol. The first-order valence-corrected chi connectivity index (χ1v) is 6.45. The Bertz CT molecular complexity index is 653. The third-order valence-electron chi connectivity index (χ3n) is 2.75. The molecule has 0 aliphatic carbocycles. The Labute approximate surface area is 120 Å². The Kier molecular flexibility index (Phi) is 4.24. The van der Waals surface area contributed by atoms with Crippen LogP contribution in [0.2, 0.25) is 5.02 Å². The zero-order valence-electron chi connectivity index (χ0n) is 11.1. The fourth-order valence-electron chi connectivity index (χ4n) is 1.80. The average molecular weight is 296 g/mol. The molecule has 7 heteroatoms. The Hall–Kier alpha value is -2.08. The number of amides is 1. The molecule has 0 bridgehead atoms. The molecule has 0 saturated carbocycles. The highest BCUT2D eigenvalue weighted by Crippen LogP contribution is 2.21. The predicted octanol–water partition coefficient (Wildman–Crippen LogP) is 1.85. The summed E-state index contributed by atoms with van der Waals surface area (Å²) < 4.78 is 4.80. The highest BCUT2D eigenvalue weighted by Gasteiger charge is 2.20. The van der Waals surface area contributed by atoms with E-state index in [2.05, 4.69) is 10.2 Å². The Morgan fingerprint density at radius 2 is 2.20 bits per heavy atom. The number of halogens is 1. The van der Waals surface area contributed by atoms with Gasteiger partial charge < -0.3 is 9.64 Å². The van der Waals surface area contributed by atoms with E-state index in [0.29, 0.717) is 15.9 Å². The lowest BCUT2D eigenvalue weighted by Crippen LogP contribution is -2.33. The van der Waals surface area contributed by atoms with Crippen molar-refractivity contribution in [3.05, 3.63) is 28.9 Å². The number of fused-ring (bicyclic) bond motifs is 1. The lowest BCUT2D eigenvalue weighted by molar-refractivity contribution is -0.143. The third-order valence-corrected chi connectivity index (χ3v) is 2.98. The smallest absolute Gasteiger partial charge is 0.325 e. The van der Waals surface area contributed by atoms with Gasteiger partial charge in [0.2, 0.25) is 0 Å². The van der Waals surface area contributed by atoms with Gasteiger partial charge in [-0.3, -0.25) is 14.7 Å². The highest BCUT2D eigenvalue weighted by atomic mass is 35.5. The Morgan fingerprint density at radius 1 is 1.45 bits per heavy atom. The van der Waals surface area contributed by atoms with Gasteiger partial charge in [0.25, 0.3) is 5.91 Å². The van der Waals surface area contributed by atoms with E-state index in [1.165, 1.54) is 11.9 Å². The first-order valence-electron chi connectivity index (χ1n) is 6.07. The van der Waals surface area contributed by atoms with Crippen LogP contribution < -0.4 is 0 Å². The molecule has 106 valence electrons. The number of rotatable bonds is 4. The lowest BCUT2D eigenvalue weighted by Gasteiger charge is -2.14. The third kappa shape index (κ3) is 2.91. The van der Waals surface area contributed by atoms with Crippen LogP contribution in [-0.4, -0.2) is 47.2 Å². The summed E-state index contributed by atoms with van der Waals surface area (Å²) >= 11 is 5.92. The molecule has 0 radical (unpaired) electrons. The van der Waals surface area contributed by atoms with Crippen molar-refractivity contribution in [2.75, 3.05) is 20.2 Å². The summed E-state index contributed by atoms with van der Waals surface area (Å²) in [6.45, 7) is 1.87. The molecule has 6 nitrogen and oxygen atoms in total. The Morgan fingerprint density at radius 3 is 2.90 bits per heavy atom. The largest absolute Gasteiger partial charge is 0.465 e. The molecule has 2 rings (SSSR count). The molecule has 20 heavy (non-hydrogen) atoms. The number of likely N-dealkylation sites (N-methyl/N-ethyl adjacent to an activating group) is 1. The number of nitrogens with zero attached hydrogens (tertiary/aromatic N) is 2. The number of nitrogens with one attached hydrogen (secondary N) is 1. The van der Waals surface area contributed by atoms with Gasteiger partial charge in [-0.2, -0.15) is 5.10 Å². The quantitative estimate of drug-likeness (QED) is 0.874. The number of esters is 1. The van der Waals surface area contributed by atoms with Crippen LogP contribution in [0.1, 0.15) is 17.4 Å². The zero-order valence-corrected chi connectivity index (χ0v) is 11.9. The van der Waals surface area contributed by atoms with E-state index < -0.39 is 5.97 Å². The van der Waals surface area contributed by atoms with Crippen LogP contribution in [0.5, 0.6) is 0 Å². The molecular weight excluding hydrogens is 282 g/mol. The minimum absolute atomic E-state index is 0.123. The van der Waals surface area contributed by atoms with Crippen LogP contribution in [-0.2, 0) is 9.53 Å². The molecule has 2 aromatic rings. The summed E-state index contributed by atoms with van der Waals surface area (Å²) in [6.07, 6.45) is 0. The van der Waals surface area contributed by atoms with Crippen molar-refractivity contribution < 1.29 is 14.3 Å². The molecule has 1 aromatic heterocycles. The standard InChI is InChI=1S/C13H14ClN3O3/c1-3-20-11(18)7-17(2)13(19)12-9-6-8(14)4-5-10(9)15-16-12/h4-6H,3,7H2,1-2H3,(H,15,16). The van der Waals surface area contributed by atoms with E-state index in [-0.39, 0.29) is 24.8 Å². The van der Waals surface area contributed by atoms with E-state index >= 15 is 0 Å². The van der Waals surface area contributed by atoms with Crippen LogP contribution in [0.4, 0.5) is 0 Å². The van der Waals surface area contributed by atoms with Gasteiger partial charge in [0.15, 0.2) is 5.69 Å². The van der Waals surface area contributed by atoms with Crippen LogP contribution in [0.25, 0.3) is 10.9 Å². The van der Waals surface area contributed by atoms with Crippen molar-refractivity contribution in [3.8, 4) is 0 Å². The summed E-state index contributed by atoms with van der Waals surface area (Å²) in [5.74, 6) is -0.826. The molecular formula is C13H14ClN3O3. The number of hydrogen-bond donors (Lipinski definition) is 1. The van der Waals surface area contributed by atoms with Gasteiger partial charge >= 0.3 is 5.97 Å². The molecule has 1 amide bonds. The number of H-pyrrole nitrogens is 1. The van der Waals surface area contributed by atoms with Gasteiger partial charge in [-0.15, -0.1) is 0 Å². The minimum atomic E-state index is -0.457. The lowest BCUT2D eigenvalue weighted by atomic mass is 10.2. The first-order chi connectivity index (χ1) is 9.52. The van der Waals surface area contributed by atoms with Crippen molar-refractivity contribution in [3.63, 3.8) is 0 Å². The van der Waals surface area contributed by atoms with Gasteiger partial charge in [-0.05, 0) is 25.1 Å². The topological polar surface area (TPSA) is 75.3 Å². The number of carbonyl (C=O) groups is 2. The normalized spacial score (nSPS) is 10.6. The average Bonchev–Trinajstić information content (AvgIpc) is 2.80. The maximum atomic E-state index is 12.3. The van der Waals surface area contributed by atoms with Crippen molar-refractivity contribution in [1.82, 2.24) is 15.1 Å². The number of aromatic nitrogens is 2. The number of carbonyl (C=O) groups excluding carboxylic acids is 2. The van der Waals surface area contributed by atoms with E-state index in [1.54, 1.807) is 25.1 Å². The van der Waals surface area contributed by atoms with Crippen LogP contribution in [0, 0.1) is 0 Å². The summed E-state index contributed by atoms with van der Waals surface area (Å²) in [5.41, 5.74) is 0.941. The molecule has 0 spiro atoms. The van der Waals surface area contributed by atoms with Crippen LogP contribution in [0.3, 0.4) is 0 Å². The summed E-state index contributed by atoms with van der Waals surface area (Å²) in [7, 11) is 1.52. The molecule has 1 heterocycles. The fourth-order valence-corrected chi connectivity index (χ4v) is 1.97. The number of benzene rings is 1. The second-order valence-electron chi connectivity index (χ2n) is 4.23. The molecule has 0 aliphatic rings. The van der Waals surface area contributed by atoms with Gasteiger partial charge in [0.1, 0.15) is 6.54 Å². The van der Waals surface area contributed by atoms with Gasteiger partial charge in [0, 0.05) is 17.5 Å². The minimum Gasteiger partial charge on any atom is -0.465 e. The highest BCUT2D eigenvalue weighted by molar-refractivity contribution is 6.31. The summed E-state index contributed by atoms with van der Waals surface area (Å²) in [4.78, 5) is 24.9. The molecule has 1 aromatic carbocycles. The zero-order chi connectivity index (χ0) is 14.7. The number of aromatic amines is 1. The molecule has 0 fully saturated rings. The van der Waals surface area contributed by atoms with Crippen molar-refractivity contribution >= 4 is 34.4 Å². The van der Waals surface area contributed by atoms with E-state index in [0.717, 1.165) is 0 Å². The SMILES string of the molecule is CCOC(=O)CN(C)C(=O)c1n[nH]c2ccc(Cl)cc12. The van der Waals surface area contributed by atoms with Gasteiger partial charge in [-0.25, -0.2) is 0 Å².